The Balaban J connectivity index is 1.30. The summed E-state index contributed by atoms with van der Waals surface area (Å²) in [7, 11) is 3.26. The molecule has 0 radical (unpaired) electrons. The normalized spacial score (nSPS) is 16.4. The lowest BCUT2D eigenvalue weighted by Gasteiger charge is -2.36. The van der Waals surface area contributed by atoms with E-state index in [9.17, 15) is 9.59 Å². The van der Waals surface area contributed by atoms with Crippen molar-refractivity contribution in [1.29, 1.82) is 0 Å². The minimum absolute atomic E-state index is 0.0679. The number of carbonyl (C=O) groups is 2. The summed E-state index contributed by atoms with van der Waals surface area (Å²) in [4.78, 5) is 31.9. The first-order chi connectivity index (χ1) is 16.4. The van der Waals surface area contributed by atoms with E-state index in [1.807, 2.05) is 46.2 Å². The number of methoxy groups -OCH3 is 2. The van der Waals surface area contributed by atoms with E-state index in [0.717, 1.165) is 23.3 Å². The van der Waals surface area contributed by atoms with Crippen molar-refractivity contribution in [2.75, 3.05) is 53.5 Å². The zero-order valence-electron chi connectivity index (χ0n) is 20.7. The maximum Gasteiger partial charge on any atom is 0.253 e. The minimum atomic E-state index is 0.0679. The van der Waals surface area contributed by atoms with Crippen LogP contribution in [0, 0.1) is 0 Å². The van der Waals surface area contributed by atoms with E-state index in [0.29, 0.717) is 57.5 Å². The molecule has 7 nitrogen and oxygen atoms in total. The highest BCUT2D eigenvalue weighted by Crippen LogP contribution is 2.33. The fraction of sp³-hybridized carbons (Fsp3) is 0.481. The standard InChI is InChI=1S/C27H35N3O4/c1-19(2)20-5-7-21(8-6-20)27(32)29-13-11-28(12-14-29)18-26(31)30-10-9-22-15-24(33-3)25(34-4)16-23(22)17-30/h5-8,15-16,19H,9-14,17-18H2,1-4H3. The van der Waals surface area contributed by atoms with Gasteiger partial charge in [-0.25, -0.2) is 0 Å². The summed E-state index contributed by atoms with van der Waals surface area (Å²) in [6, 6.07) is 11.9. The van der Waals surface area contributed by atoms with Crippen LogP contribution in [0.5, 0.6) is 11.5 Å². The smallest absolute Gasteiger partial charge is 0.253 e. The van der Waals surface area contributed by atoms with Gasteiger partial charge in [0, 0.05) is 44.8 Å². The number of rotatable bonds is 6. The van der Waals surface area contributed by atoms with Crippen LogP contribution in [-0.2, 0) is 17.8 Å². The Hall–Kier alpha value is -3.06. The van der Waals surface area contributed by atoms with Gasteiger partial charge < -0.3 is 19.3 Å². The van der Waals surface area contributed by atoms with Crippen LogP contribution in [0.15, 0.2) is 36.4 Å². The average molecular weight is 466 g/mol. The van der Waals surface area contributed by atoms with Gasteiger partial charge in [0.1, 0.15) is 0 Å². The van der Waals surface area contributed by atoms with Crippen LogP contribution >= 0.6 is 0 Å². The molecule has 0 aliphatic carbocycles. The molecule has 0 saturated carbocycles. The molecule has 2 aromatic rings. The van der Waals surface area contributed by atoms with Gasteiger partial charge in [0.15, 0.2) is 11.5 Å². The number of hydrogen-bond acceptors (Lipinski definition) is 5. The molecule has 0 spiro atoms. The molecule has 1 fully saturated rings. The van der Waals surface area contributed by atoms with E-state index in [1.165, 1.54) is 11.1 Å². The third-order valence-electron chi connectivity index (χ3n) is 6.91. The molecular weight excluding hydrogens is 430 g/mol. The van der Waals surface area contributed by atoms with Gasteiger partial charge in [0.2, 0.25) is 5.91 Å². The Morgan fingerprint density at radius 1 is 0.853 bits per heavy atom. The van der Waals surface area contributed by atoms with Gasteiger partial charge in [-0.15, -0.1) is 0 Å². The number of hydrogen-bond donors (Lipinski definition) is 0. The third-order valence-corrected chi connectivity index (χ3v) is 6.91. The predicted octanol–water partition coefficient (Wildman–Crippen LogP) is 3.17. The van der Waals surface area contributed by atoms with E-state index >= 15 is 0 Å². The molecule has 2 amide bonds. The van der Waals surface area contributed by atoms with Crippen molar-refractivity contribution in [3.05, 3.63) is 58.7 Å². The second-order valence-electron chi connectivity index (χ2n) is 9.39. The number of fused-ring (bicyclic) bond motifs is 1. The summed E-state index contributed by atoms with van der Waals surface area (Å²) in [5, 5.41) is 0. The first kappa shape index (κ1) is 24.1. The second-order valence-corrected chi connectivity index (χ2v) is 9.39. The molecule has 0 atom stereocenters. The Labute approximate surface area is 202 Å². The fourth-order valence-electron chi connectivity index (χ4n) is 4.69. The quantitative estimate of drug-likeness (QED) is 0.656. The lowest BCUT2D eigenvalue weighted by atomic mass is 9.98. The summed E-state index contributed by atoms with van der Waals surface area (Å²) in [6.45, 7) is 8.64. The number of piperazine rings is 1. The highest BCUT2D eigenvalue weighted by atomic mass is 16.5. The van der Waals surface area contributed by atoms with E-state index in [1.54, 1.807) is 14.2 Å². The maximum atomic E-state index is 13.0. The van der Waals surface area contributed by atoms with Gasteiger partial charge in [-0.2, -0.15) is 0 Å². The number of carbonyl (C=O) groups excluding carboxylic acids is 2. The molecule has 0 N–H and O–H groups in total. The lowest BCUT2D eigenvalue weighted by Crippen LogP contribution is -2.52. The van der Waals surface area contributed by atoms with E-state index in [-0.39, 0.29) is 11.8 Å². The van der Waals surface area contributed by atoms with Gasteiger partial charge >= 0.3 is 0 Å². The molecule has 7 heteroatoms. The van der Waals surface area contributed by atoms with Crippen LogP contribution in [0.25, 0.3) is 0 Å². The van der Waals surface area contributed by atoms with Crippen molar-refractivity contribution in [3.63, 3.8) is 0 Å². The predicted molar refractivity (Wildman–Crippen MR) is 132 cm³/mol. The van der Waals surface area contributed by atoms with Crippen molar-refractivity contribution in [2.45, 2.75) is 32.7 Å². The topological polar surface area (TPSA) is 62.3 Å². The molecule has 34 heavy (non-hydrogen) atoms. The first-order valence-electron chi connectivity index (χ1n) is 12.0. The molecule has 0 unspecified atom stereocenters. The number of amides is 2. The fourth-order valence-corrected chi connectivity index (χ4v) is 4.69. The van der Waals surface area contributed by atoms with Crippen LogP contribution in [0.1, 0.15) is 46.8 Å². The number of ether oxygens (including phenoxy) is 2. The molecule has 2 aliphatic heterocycles. The molecule has 4 rings (SSSR count). The van der Waals surface area contributed by atoms with Gasteiger partial charge in [0.25, 0.3) is 5.91 Å². The van der Waals surface area contributed by atoms with Crippen LogP contribution in [-0.4, -0.2) is 80.0 Å². The summed E-state index contributed by atoms with van der Waals surface area (Å²) in [5.74, 6) is 2.06. The maximum absolute atomic E-state index is 13.0. The number of benzene rings is 2. The lowest BCUT2D eigenvalue weighted by molar-refractivity contribution is -0.133. The monoisotopic (exact) mass is 465 g/mol. The Morgan fingerprint density at radius 2 is 1.47 bits per heavy atom. The Morgan fingerprint density at radius 3 is 2.06 bits per heavy atom. The van der Waals surface area contributed by atoms with E-state index in [4.69, 9.17) is 9.47 Å². The first-order valence-corrected chi connectivity index (χ1v) is 12.0. The Kier molecular flexibility index (Phi) is 7.41. The molecule has 1 saturated heterocycles. The molecule has 2 heterocycles. The van der Waals surface area contributed by atoms with Crippen molar-refractivity contribution in [1.82, 2.24) is 14.7 Å². The molecule has 182 valence electrons. The summed E-state index contributed by atoms with van der Waals surface area (Å²) < 4.78 is 10.8. The van der Waals surface area contributed by atoms with E-state index < -0.39 is 0 Å². The van der Waals surface area contributed by atoms with Crippen molar-refractivity contribution in [2.24, 2.45) is 0 Å². The second kappa shape index (κ2) is 10.5. The molecule has 0 aromatic heterocycles. The highest BCUT2D eigenvalue weighted by Gasteiger charge is 2.27. The van der Waals surface area contributed by atoms with E-state index in [2.05, 4.69) is 18.7 Å². The highest BCUT2D eigenvalue weighted by molar-refractivity contribution is 5.94. The average Bonchev–Trinajstić information content (AvgIpc) is 2.87. The summed E-state index contributed by atoms with van der Waals surface area (Å²) >= 11 is 0. The van der Waals surface area contributed by atoms with Crippen molar-refractivity contribution >= 4 is 11.8 Å². The van der Waals surface area contributed by atoms with Gasteiger partial charge in [0.05, 0.1) is 20.8 Å². The van der Waals surface area contributed by atoms with Crippen LogP contribution < -0.4 is 9.47 Å². The zero-order valence-corrected chi connectivity index (χ0v) is 20.7. The molecule has 2 aliphatic rings. The zero-order chi connectivity index (χ0) is 24.2. The largest absolute Gasteiger partial charge is 0.493 e. The third kappa shape index (κ3) is 5.20. The molecular formula is C27H35N3O4. The summed E-state index contributed by atoms with van der Waals surface area (Å²) in [5.41, 5.74) is 4.28. The van der Waals surface area contributed by atoms with Gasteiger partial charge in [-0.3, -0.25) is 14.5 Å². The van der Waals surface area contributed by atoms with Crippen LogP contribution in [0.3, 0.4) is 0 Å². The van der Waals surface area contributed by atoms with Crippen LogP contribution in [0.4, 0.5) is 0 Å². The van der Waals surface area contributed by atoms with Gasteiger partial charge in [-0.05, 0) is 53.3 Å². The van der Waals surface area contributed by atoms with Crippen LogP contribution in [0.2, 0.25) is 0 Å². The molecule has 2 aromatic carbocycles. The van der Waals surface area contributed by atoms with Crippen molar-refractivity contribution in [3.8, 4) is 11.5 Å². The van der Waals surface area contributed by atoms with Crippen molar-refractivity contribution < 1.29 is 19.1 Å². The number of nitrogens with zero attached hydrogens (tertiary/aromatic N) is 3. The minimum Gasteiger partial charge on any atom is -0.493 e. The Bertz CT molecular complexity index is 1030. The SMILES string of the molecule is COc1cc2c(cc1OC)CN(C(=O)CN1CCN(C(=O)c3ccc(C(C)C)cc3)CC1)CC2. The molecule has 0 bridgehead atoms. The summed E-state index contributed by atoms with van der Waals surface area (Å²) in [6.07, 6.45) is 0.805. The van der Waals surface area contributed by atoms with Gasteiger partial charge in [-0.1, -0.05) is 26.0 Å².